The van der Waals surface area contributed by atoms with Crippen LogP contribution in [-0.2, 0) is 10.0 Å². The van der Waals surface area contributed by atoms with Crippen LogP contribution in [0, 0.1) is 6.92 Å². The lowest BCUT2D eigenvalue weighted by molar-refractivity contribution is 0.415. The Bertz CT molecular complexity index is 782. The molecule has 0 bridgehead atoms. The van der Waals surface area contributed by atoms with Crippen LogP contribution in [0.3, 0.4) is 0 Å². The quantitative estimate of drug-likeness (QED) is 0.784. The number of hydrogen-bond donors (Lipinski definition) is 1. The maximum Gasteiger partial charge on any atom is 0.240 e. The van der Waals surface area contributed by atoms with Gasteiger partial charge in [0.1, 0.15) is 5.75 Å². The highest BCUT2D eigenvalue weighted by Gasteiger charge is 2.14. The minimum atomic E-state index is -3.50. The second-order valence-corrected chi connectivity index (χ2v) is 7.33. The SMILES string of the molecule is COc1ccc(C=NC(C)CNS(=O)(=O)c2ccc(C)cc2)cc1. The van der Waals surface area contributed by atoms with Crippen molar-refractivity contribution in [2.75, 3.05) is 13.7 Å². The number of rotatable bonds is 7. The van der Waals surface area contributed by atoms with Crippen molar-refractivity contribution < 1.29 is 13.2 Å². The van der Waals surface area contributed by atoms with Gasteiger partial charge in [0.2, 0.25) is 10.0 Å². The molecule has 6 heteroatoms. The number of aryl methyl sites for hydroxylation is 1. The van der Waals surface area contributed by atoms with E-state index in [0.717, 1.165) is 16.9 Å². The summed E-state index contributed by atoms with van der Waals surface area (Å²) in [4.78, 5) is 4.63. The summed E-state index contributed by atoms with van der Waals surface area (Å²) < 4.78 is 32.1. The van der Waals surface area contributed by atoms with Crippen molar-refractivity contribution in [3.05, 3.63) is 59.7 Å². The van der Waals surface area contributed by atoms with E-state index in [9.17, 15) is 8.42 Å². The molecule has 0 saturated carbocycles. The predicted octanol–water partition coefficient (Wildman–Crippen LogP) is 2.79. The van der Waals surface area contributed by atoms with Crippen LogP contribution < -0.4 is 9.46 Å². The number of sulfonamides is 1. The molecule has 0 amide bonds. The zero-order valence-electron chi connectivity index (χ0n) is 14.1. The number of methoxy groups -OCH3 is 1. The second-order valence-electron chi connectivity index (χ2n) is 5.57. The molecule has 5 nitrogen and oxygen atoms in total. The lowest BCUT2D eigenvalue weighted by atomic mass is 10.2. The van der Waals surface area contributed by atoms with Gasteiger partial charge in [-0.3, -0.25) is 4.99 Å². The van der Waals surface area contributed by atoms with Gasteiger partial charge >= 0.3 is 0 Å². The van der Waals surface area contributed by atoms with E-state index in [1.807, 2.05) is 38.1 Å². The van der Waals surface area contributed by atoms with Gasteiger partial charge in [-0.25, -0.2) is 13.1 Å². The van der Waals surface area contributed by atoms with E-state index in [0.29, 0.717) is 0 Å². The molecule has 2 rings (SSSR count). The molecule has 0 heterocycles. The van der Waals surface area contributed by atoms with Gasteiger partial charge in [-0.15, -0.1) is 0 Å². The molecule has 0 aliphatic rings. The van der Waals surface area contributed by atoms with Crippen LogP contribution in [0.15, 0.2) is 58.4 Å². The van der Waals surface area contributed by atoms with Gasteiger partial charge in [-0.05, 0) is 55.8 Å². The summed E-state index contributed by atoms with van der Waals surface area (Å²) in [5.41, 5.74) is 1.95. The Kier molecular flexibility index (Phi) is 6.11. The molecule has 1 N–H and O–H groups in total. The number of ether oxygens (including phenoxy) is 1. The Balaban J connectivity index is 1.93. The summed E-state index contributed by atoms with van der Waals surface area (Å²) in [6.45, 7) is 4.01. The number of aliphatic imine (C=N–C) groups is 1. The summed E-state index contributed by atoms with van der Waals surface area (Å²) >= 11 is 0. The fourth-order valence-corrected chi connectivity index (χ4v) is 3.11. The molecule has 0 aliphatic heterocycles. The number of nitrogens with one attached hydrogen (secondary N) is 1. The normalized spacial score (nSPS) is 13.1. The van der Waals surface area contributed by atoms with Gasteiger partial charge in [-0.2, -0.15) is 0 Å². The highest BCUT2D eigenvalue weighted by molar-refractivity contribution is 7.89. The van der Waals surface area contributed by atoms with E-state index < -0.39 is 10.0 Å². The van der Waals surface area contributed by atoms with Gasteiger partial charge in [0, 0.05) is 12.8 Å². The molecule has 2 aromatic carbocycles. The van der Waals surface area contributed by atoms with Gasteiger partial charge in [0.05, 0.1) is 18.0 Å². The molecule has 24 heavy (non-hydrogen) atoms. The standard InChI is InChI=1S/C18H22N2O3S/c1-14-4-10-18(11-5-14)24(21,22)20-12-15(2)19-13-16-6-8-17(23-3)9-7-16/h4-11,13,15,20H,12H2,1-3H3. The molecule has 0 spiro atoms. The van der Waals surface area contributed by atoms with E-state index >= 15 is 0 Å². The zero-order valence-corrected chi connectivity index (χ0v) is 14.9. The molecule has 0 saturated heterocycles. The smallest absolute Gasteiger partial charge is 0.240 e. The molecule has 1 atom stereocenters. The fraction of sp³-hybridized carbons (Fsp3) is 0.278. The highest BCUT2D eigenvalue weighted by Crippen LogP contribution is 2.11. The fourth-order valence-electron chi connectivity index (χ4n) is 1.99. The number of benzene rings is 2. The average Bonchev–Trinajstić information content (AvgIpc) is 2.59. The van der Waals surface area contributed by atoms with Crippen molar-refractivity contribution in [2.45, 2.75) is 24.8 Å². The number of hydrogen-bond acceptors (Lipinski definition) is 4. The van der Waals surface area contributed by atoms with Crippen LogP contribution in [0.2, 0.25) is 0 Å². The van der Waals surface area contributed by atoms with E-state index in [4.69, 9.17) is 4.74 Å². The molecule has 0 fully saturated rings. The summed E-state index contributed by atoms with van der Waals surface area (Å²) in [6, 6.07) is 14.1. The van der Waals surface area contributed by atoms with Crippen molar-refractivity contribution in [1.82, 2.24) is 4.72 Å². The van der Waals surface area contributed by atoms with Crippen molar-refractivity contribution in [1.29, 1.82) is 0 Å². The second kappa shape index (κ2) is 8.08. The Morgan fingerprint density at radius 3 is 2.33 bits per heavy atom. The third kappa shape index (κ3) is 5.18. The molecular formula is C18H22N2O3S. The van der Waals surface area contributed by atoms with Crippen molar-refractivity contribution in [3.63, 3.8) is 0 Å². The first-order valence-electron chi connectivity index (χ1n) is 7.64. The van der Waals surface area contributed by atoms with Gasteiger partial charge in [0.15, 0.2) is 0 Å². The summed E-state index contributed by atoms with van der Waals surface area (Å²) in [5.74, 6) is 0.783. The summed E-state index contributed by atoms with van der Waals surface area (Å²) in [7, 11) is -1.89. The minimum absolute atomic E-state index is 0.174. The first kappa shape index (κ1) is 18.2. The largest absolute Gasteiger partial charge is 0.497 e. The van der Waals surface area contributed by atoms with Gasteiger partial charge in [-0.1, -0.05) is 17.7 Å². The Labute approximate surface area is 143 Å². The molecule has 128 valence electrons. The van der Waals surface area contributed by atoms with E-state index in [2.05, 4.69) is 9.71 Å². The van der Waals surface area contributed by atoms with E-state index in [-0.39, 0.29) is 17.5 Å². The Hall–Kier alpha value is -2.18. The van der Waals surface area contributed by atoms with Crippen LogP contribution in [0.4, 0.5) is 0 Å². The third-order valence-electron chi connectivity index (χ3n) is 3.49. The maximum atomic E-state index is 12.2. The highest BCUT2D eigenvalue weighted by atomic mass is 32.2. The van der Waals surface area contributed by atoms with Crippen molar-refractivity contribution in [2.24, 2.45) is 4.99 Å². The van der Waals surface area contributed by atoms with Gasteiger partial charge < -0.3 is 4.74 Å². The Morgan fingerprint density at radius 1 is 1.12 bits per heavy atom. The molecule has 0 aliphatic carbocycles. The van der Waals surface area contributed by atoms with E-state index in [1.165, 1.54) is 0 Å². The Morgan fingerprint density at radius 2 is 1.75 bits per heavy atom. The lowest BCUT2D eigenvalue weighted by Gasteiger charge is -2.10. The molecular weight excluding hydrogens is 324 g/mol. The predicted molar refractivity (Wildman–Crippen MR) is 96.4 cm³/mol. The summed E-state index contributed by atoms with van der Waals surface area (Å²) in [6.07, 6.45) is 1.73. The van der Waals surface area contributed by atoms with E-state index in [1.54, 1.807) is 37.6 Å². The molecule has 0 radical (unpaired) electrons. The monoisotopic (exact) mass is 346 g/mol. The zero-order chi connectivity index (χ0) is 17.6. The van der Waals surface area contributed by atoms with Crippen LogP contribution in [-0.4, -0.2) is 34.3 Å². The first-order chi connectivity index (χ1) is 11.4. The van der Waals surface area contributed by atoms with Crippen LogP contribution in [0.25, 0.3) is 0 Å². The maximum absolute atomic E-state index is 12.2. The average molecular weight is 346 g/mol. The third-order valence-corrected chi connectivity index (χ3v) is 4.93. The van der Waals surface area contributed by atoms with Gasteiger partial charge in [0.25, 0.3) is 0 Å². The minimum Gasteiger partial charge on any atom is -0.497 e. The van der Waals surface area contributed by atoms with Crippen LogP contribution in [0.1, 0.15) is 18.1 Å². The molecule has 0 aromatic heterocycles. The lowest BCUT2D eigenvalue weighted by Crippen LogP contribution is -2.30. The summed E-state index contributed by atoms with van der Waals surface area (Å²) in [5, 5.41) is 0. The van der Waals surface area contributed by atoms with Crippen LogP contribution >= 0.6 is 0 Å². The van der Waals surface area contributed by atoms with Crippen molar-refractivity contribution >= 4 is 16.2 Å². The molecule has 2 aromatic rings. The number of nitrogens with zero attached hydrogens (tertiary/aromatic N) is 1. The first-order valence-corrected chi connectivity index (χ1v) is 9.12. The molecule has 1 unspecified atom stereocenters. The van der Waals surface area contributed by atoms with Crippen molar-refractivity contribution in [3.8, 4) is 5.75 Å². The van der Waals surface area contributed by atoms with Crippen LogP contribution in [0.5, 0.6) is 5.75 Å². The topological polar surface area (TPSA) is 67.8 Å².